The van der Waals surface area contributed by atoms with Gasteiger partial charge in [-0.25, -0.2) is 4.98 Å². The van der Waals surface area contributed by atoms with Crippen LogP contribution in [-0.2, 0) is 13.0 Å². The molecule has 1 rings (SSSR count). The minimum Gasteiger partial charge on any atom is -0.444 e. The van der Waals surface area contributed by atoms with E-state index in [0.717, 1.165) is 37.1 Å². The van der Waals surface area contributed by atoms with E-state index < -0.39 is 0 Å². The van der Waals surface area contributed by atoms with Crippen molar-refractivity contribution in [3.63, 3.8) is 0 Å². The molecule has 0 atom stereocenters. The number of aromatic nitrogens is 1. The van der Waals surface area contributed by atoms with Gasteiger partial charge in [0.05, 0.1) is 12.7 Å². The highest BCUT2D eigenvalue weighted by Gasteiger charge is 2.05. The lowest BCUT2D eigenvalue weighted by atomic mass is 10.0. The Labute approximate surface area is 92.3 Å². The van der Waals surface area contributed by atoms with Gasteiger partial charge in [0.25, 0.3) is 0 Å². The van der Waals surface area contributed by atoms with Gasteiger partial charge in [0.15, 0.2) is 0 Å². The van der Waals surface area contributed by atoms with Crippen LogP contribution in [0.3, 0.4) is 0 Å². The Morgan fingerprint density at radius 2 is 2.07 bits per heavy atom. The minimum absolute atomic E-state index is 0.747. The lowest BCUT2D eigenvalue weighted by Gasteiger charge is -2.11. The molecular formula is C12H22N2O. The fourth-order valence-electron chi connectivity index (χ4n) is 1.55. The average molecular weight is 210 g/mol. The van der Waals surface area contributed by atoms with E-state index in [9.17, 15) is 0 Å². The van der Waals surface area contributed by atoms with Crippen molar-refractivity contribution < 1.29 is 4.42 Å². The van der Waals surface area contributed by atoms with E-state index in [1.54, 1.807) is 0 Å². The molecule has 0 saturated heterocycles. The van der Waals surface area contributed by atoms with Crippen molar-refractivity contribution in [3.05, 3.63) is 17.8 Å². The molecule has 0 unspecified atom stereocenters. The molecule has 0 spiro atoms. The van der Waals surface area contributed by atoms with E-state index in [1.807, 2.05) is 6.20 Å². The number of aryl methyl sites for hydroxylation is 1. The van der Waals surface area contributed by atoms with E-state index in [4.69, 9.17) is 4.42 Å². The maximum atomic E-state index is 5.51. The van der Waals surface area contributed by atoms with E-state index in [0.29, 0.717) is 0 Å². The van der Waals surface area contributed by atoms with Crippen LogP contribution < -0.4 is 5.32 Å². The predicted octanol–water partition coefficient (Wildman–Crippen LogP) is 2.76. The number of nitrogens with one attached hydrogen (secondary N) is 1. The average Bonchev–Trinajstić information content (AvgIpc) is 2.72. The van der Waals surface area contributed by atoms with Crippen LogP contribution >= 0.6 is 0 Å². The van der Waals surface area contributed by atoms with Gasteiger partial charge in [0.2, 0.25) is 5.89 Å². The largest absolute Gasteiger partial charge is 0.444 e. The van der Waals surface area contributed by atoms with Crippen molar-refractivity contribution in [1.82, 2.24) is 10.3 Å². The Hall–Kier alpha value is -0.830. The Morgan fingerprint density at radius 1 is 1.33 bits per heavy atom. The molecular weight excluding hydrogens is 188 g/mol. The zero-order chi connectivity index (χ0) is 11.1. The number of oxazole rings is 1. The molecule has 1 aromatic rings. The monoisotopic (exact) mass is 210 g/mol. The van der Waals surface area contributed by atoms with E-state index >= 15 is 0 Å². The summed E-state index contributed by atoms with van der Waals surface area (Å²) < 4.78 is 5.51. The quantitative estimate of drug-likeness (QED) is 0.752. The van der Waals surface area contributed by atoms with Gasteiger partial charge in [0, 0.05) is 6.42 Å². The highest BCUT2D eigenvalue weighted by molar-refractivity contribution is 4.93. The third-order valence-electron chi connectivity index (χ3n) is 2.81. The van der Waals surface area contributed by atoms with Gasteiger partial charge in [0.1, 0.15) is 5.76 Å². The SMILES string of the molecule is CCc1cnc(CNCC(CC)CC)o1. The lowest BCUT2D eigenvalue weighted by Crippen LogP contribution is -2.21. The Morgan fingerprint density at radius 3 is 2.60 bits per heavy atom. The maximum absolute atomic E-state index is 5.51. The zero-order valence-corrected chi connectivity index (χ0v) is 10.0. The van der Waals surface area contributed by atoms with Gasteiger partial charge >= 0.3 is 0 Å². The molecule has 0 fully saturated rings. The third-order valence-corrected chi connectivity index (χ3v) is 2.81. The van der Waals surface area contributed by atoms with Gasteiger partial charge in [-0.15, -0.1) is 0 Å². The van der Waals surface area contributed by atoms with Crippen molar-refractivity contribution in [2.45, 2.75) is 46.6 Å². The van der Waals surface area contributed by atoms with E-state index in [1.165, 1.54) is 12.8 Å². The first-order chi connectivity index (χ1) is 7.30. The summed E-state index contributed by atoms with van der Waals surface area (Å²) in [5, 5.41) is 3.38. The van der Waals surface area contributed by atoms with Crippen LogP contribution in [0.15, 0.2) is 10.6 Å². The zero-order valence-electron chi connectivity index (χ0n) is 10.0. The van der Waals surface area contributed by atoms with Crippen LogP contribution in [0.25, 0.3) is 0 Å². The predicted molar refractivity (Wildman–Crippen MR) is 61.7 cm³/mol. The summed E-state index contributed by atoms with van der Waals surface area (Å²) in [6.07, 6.45) is 5.19. The number of rotatable bonds is 7. The number of hydrogen-bond donors (Lipinski definition) is 1. The molecule has 0 aliphatic rings. The second kappa shape index (κ2) is 6.62. The summed E-state index contributed by atoms with van der Waals surface area (Å²) in [5.41, 5.74) is 0. The molecule has 86 valence electrons. The normalized spacial score (nSPS) is 11.2. The summed E-state index contributed by atoms with van der Waals surface area (Å²) in [5.74, 6) is 2.54. The first-order valence-corrected chi connectivity index (χ1v) is 5.94. The highest BCUT2D eigenvalue weighted by Crippen LogP contribution is 2.07. The Kier molecular flexibility index (Phi) is 5.40. The molecule has 0 saturated carbocycles. The smallest absolute Gasteiger partial charge is 0.208 e. The molecule has 0 amide bonds. The summed E-state index contributed by atoms with van der Waals surface area (Å²) >= 11 is 0. The van der Waals surface area contributed by atoms with Crippen molar-refractivity contribution in [3.8, 4) is 0 Å². The molecule has 0 aromatic carbocycles. The summed E-state index contributed by atoms with van der Waals surface area (Å²) in [6.45, 7) is 8.33. The summed E-state index contributed by atoms with van der Waals surface area (Å²) in [4.78, 5) is 4.21. The number of hydrogen-bond acceptors (Lipinski definition) is 3. The fraction of sp³-hybridized carbons (Fsp3) is 0.750. The molecule has 1 N–H and O–H groups in total. The summed E-state index contributed by atoms with van der Waals surface area (Å²) in [7, 11) is 0. The first-order valence-electron chi connectivity index (χ1n) is 5.94. The molecule has 0 aliphatic carbocycles. The van der Waals surface area contributed by atoms with Gasteiger partial charge < -0.3 is 9.73 Å². The lowest BCUT2D eigenvalue weighted by molar-refractivity contribution is 0.404. The van der Waals surface area contributed by atoms with Gasteiger partial charge in [-0.2, -0.15) is 0 Å². The fourth-order valence-corrected chi connectivity index (χ4v) is 1.55. The summed E-state index contributed by atoms with van der Waals surface area (Å²) in [6, 6.07) is 0. The molecule has 3 heteroatoms. The van der Waals surface area contributed by atoms with E-state index in [-0.39, 0.29) is 0 Å². The van der Waals surface area contributed by atoms with Crippen LogP contribution in [-0.4, -0.2) is 11.5 Å². The van der Waals surface area contributed by atoms with Crippen LogP contribution in [0, 0.1) is 5.92 Å². The number of nitrogens with zero attached hydrogens (tertiary/aromatic N) is 1. The van der Waals surface area contributed by atoms with Crippen LogP contribution in [0.1, 0.15) is 45.3 Å². The van der Waals surface area contributed by atoms with E-state index in [2.05, 4.69) is 31.1 Å². The molecule has 3 nitrogen and oxygen atoms in total. The molecule has 1 aromatic heterocycles. The van der Waals surface area contributed by atoms with Crippen molar-refractivity contribution in [1.29, 1.82) is 0 Å². The topological polar surface area (TPSA) is 38.1 Å². The maximum Gasteiger partial charge on any atom is 0.208 e. The second-order valence-corrected chi connectivity index (χ2v) is 3.89. The van der Waals surface area contributed by atoms with Crippen molar-refractivity contribution in [2.24, 2.45) is 5.92 Å². The van der Waals surface area contributed by atoms with Gasteiger partial charge in [-0.05, 0) is 12.5 Å². The van der Waals surface area contributed by atoms with Crippen molar-refractivity contribution >= 4 is 0 Å². The second-order valence-electron chi connectivity index (χ2n) is 3.89. The Bertz CT molecular complexity index is 266. The van der Waals surface area contributed by atoms with Crippen LogP contribution in [0.4, 0.5) is 0 Å². The molecule has 0 aliphatic heterocycles. The highest BCUT2D eigenvalue weighted by atomic mass is 16.4. The van der Waals surface area contributed by atoms with Crippen LogP contribution in [0.2, 0.25) is 0 Å². The van der Waals surface area contributed by atoms with Crippen molar-refractivity contribution in [2.75, 3.05) is 6.54 Å². The first kappa shape index (κ1) is 12.2. The van der Waals surface area contributed by atoms with Gasteiger partial charge in [-0.3, -0.25) is 0 Å². The minimum atomic E-state index is 0.747. The standard InChI is InChI=1S/C12H22N2O/c1-4-10(5-2)7-13-9-12-14-8-11(6-3)15-12/h8,10,13H,4-7,9H2,1-3H3. The Balaban J connectivity index is 2.25. The van der Waals surface area contributed by atoms with Crippen LogP contribution in [0.5, 0.6) is 0 Å². The molecule has 15 heavy (non-hydrogen) atoms. The molecule has 1 heterocycles. The molecule has 0 bridgehead atoms. The third kappa shape index (κ3) is 4.04. The van der Waals surface area contributed by atoms with Gasteiger partial charge in [-0.1, -0.05) is 33.6 Å². The molecule has 0 radical (unpaired) electrons.